The Labute approximate surface area is 229 Å². The second-order valence-corrected chi connectivity index (χ2v) is 9.63. The lowest BCUT2D eigenvalue weighted by atomic mass is 10.0. The van der Waals surface area contributed by atoms with Gasteiger partial charge in [0.15, 0.2) is 5.58 Å². The van der Waals surface area contributed by atoms with Gasteiger partial charge in [0.2, 0.25) is 5.89 Å². The number of amides is 1. The lowest BCUT2D eigenvalue weighted by Gasteiger charge is -2.30. The molecule has 190 valence electrons. The Morgan fingerprint density at radius 1 is 0.868 bits per heavy atom. The molecule has 5 rings (SSSR count). The molecule has 6 nitrogen and oxygen atoms in total. The van der Waals surface area contributed by atoms with Crippen molar-refractivity contribution in [3.05, 3.63) is 124 Å². The highest BCUT2D eigenvalue weighted by Crippen LogP contribution is 2.28. The van der Waals surface area contributed by atoms with E-state index in [1.807, 2.05) is 78.9 Å². The van der Waals surface area contributed by atoms with Crippen LogP contribution < -0.4 is 0 Å². The van der Waals surface area contributed by atoms with Crippen molar-refractivity contribution in [2.45, 2.75) is 19.0 Å². The fraction of sp³-hybridized carbons (Fsp3) is 0.100. The quantitative estimate of drug-likeness (QED) is 0.224. The highest BCUT2D eigenvalue weighted by Gasteiger charge is 2.32. The molecule has 38 heavy (non-hydrogen) atoms. The van der Waals surface area contributed by atoms with Crippen molar-refractivity contribution in [3.63, 3.8) is 0 Å². The van der Waals surface area contributed by atoms with Gasteiger partial charge >= 0.3 is 5.97 Å². The van der Waals surface area contributed by atoms with Gasteiger partial charge < -0.3 is 14.4 Å². The Morgan fingerprint density at radius 2 is 1.61 bits per heavy atom. The van der Waals surface area contributed by atoms with Gasteiger partial charge in [0.25, 0.3) is 5.91 Å². The van der Waals surface area contributed by atoms with Crippen molar-refractivity contribution in [1.29, 1.82) is 0 Å². The summed E-state index contributed by atoms with van der Waals surface area (Å²) in [5.41, 5.74) is 3.78. The minimum absolute atomic E-state index is 0.0235. The molecule has 0 fully saturated rings. The van der Waals surface area contributed by atoms with Crippen LogP contribution in [0.1, 0.15) is 21.5 Å². The molecule has 0 saturated heterocycles. The molecule has 0 aliphatic carbocycles. The van der Waals surface area contributed by atoms with Crippen LogP contribution in [0.2, 0.25) is 10.0 Å². The molecular formula is C30H22Cl2N2O4. The first-order valence-corrected chi connectivity index (χ1v) is 12.6. The van der Waals surface area contributed by atoms with Gasteiger partial charge in [-0.3, -0.25) is 4.79 Å². The molecule has 1 N–H and O–H groups in total. The minimum atomic E-state index is -1.15. The maximum Gasteiger partial charge on any atom is 0.326 e. The van der Waals surface area contributed by atoms with Crippen LogP contribution in [0.25, 0.3) is 22.6 Å². The van der Waals surface area contributed by atoms with E-state index in [1.165, 1.54) is 17.0 Å². The molecule has 0 saturated carbocycles. The first-order valence-electron chi connectivity index (χ1n) is 11.9. The van der Waals surface area contributed by atoms with Crippen molar-refractivity contribution in [2.75, 3.05) is 0 Å². The summed E-state index contributed by atoms with van der Waals surface area (Å²) in [4.78, 5) is 32.2. The normalized spacial score (nSPS) is 11.8. The molecule has 0 unspecified atom stereocenters. The van der Waals surface area contributed by atoms with E-state index in [1.54, 1.807) is 6.07 Å². The topological polar surface area (TPSA) is 83.6 Å². The van der Waals surface area contributed by atoms with Gasteiger partial charge in [-0.15, -0.1) is 0 Å². The van der Waals surface area contributed by atoms with E-state index in [0.717, 1.165) is 11.1 Å². The number of benzene rings is 4. The lowest BCUT2D eigenvalue weighted by molar-refractivity contribution is -0.142. The third-order valence-electron chi connectivity index (χ3n) is 6.18. The number of aromatic nitrogens is 1. The summed E-state index contributed by atoms with van der Waals surface area (Å²) in [5.74, 6) is -1.20. The highest BCUT2D eigenvalue weighted by atomic mass is 35.5. The van der Waals surface area contributed by atoms with E-state index in [-0.39, 0.29) is 23.6 Å². The predicted octanol–water partition coefficient (Wildman–Crippen LogP) is 7.14. The van der Waals surface area contributed by atoms with E-state index >= 15 is 0 Å². The second kappa shape index (κ2) is 11.1. The number of para-hydroxylation sites is 2. The summed E-state index contributed by atoms with van der Waals surface area (Å²) in [7, 11) is 0. The lowest BCUT2D eigenvalue weighted by Crippen LogP contribution is -2.46. The van der Waals surface area contributed by atoms with Gasteiger partial charge in [-0.25, -0.2) is 9.78 Å². The summed E-state index contributed by atoms with van der Waals surface area (Å²) in [5, 5.41) is 10.8. The van der Waals surface area contributed by atoms with E-state index in [0.29, 0.717) is 27.6 Å². The molecule has 1 heterocycles. The van der Waals surface area contributed by atoms with Gasteiger partial charge in [-0.05, 0) is 53.6 Å². The summed E-state index contributed by atoms with van der Waals surface area (Å²) in [6.07, 6.45) is 0.123. The number of hydrogen-bond acceptors (Lipinski definition) is 4. The molecule has 0 radical (unpaired) electrons. The van der Waals surface area contributed by atoms with Crippen molar-refractivity contribution < 1.29 is 19.1 Å². The minimum Gasteiger partial charge on any atom is -0.480 e. The van der Waals surface area contributed by atoms with E-state index in [2.05, 4.69) is 4.98 Å². The number of halogens is 2. The average molecular weight is 545 g/mol. The number of carboxylic acids is 1. The van der Waals surface area contributed by atoms with Gasteiger partial charge in [-0.2, -0.15) is 0 Å². The zero-order valence-electron chi connectivity index (χ0n) is 20.1. The van der Waals surface area contributed by atoms with Crippen molar-refractivity contribution in [2.24, 2.45) is 0 Å². The van der Waals surface area contributed by atoms with E-state index in [9.17, 15) is 14.7 Å². The van der Waals surface area contributed by atoms with Crippen LogP contribution in [0.4, 0.5) is 0 Å². The standard InChI is InChI=1S/C30H22Cl2N2O4/c31-22-13-14-23(24(32)17-22)29(35)34(26(30(36)37)16-19-7-2-1-3-8-19)18-20-9-6-10-21(15-20)28-33-25-11-4-5-12-27(25)38-28/h1-15,17,26H,16,18H2,(H,36,37)/t26-/m0/s1. The fourth-order valence-electron chi connectivity index (χ4n) is 4.30. The van der Waals surface area contributed by atoms with Crippen LogP contribution >= 0.6 is 23.2 Å². The molecule has 0 aliphatic heterocycles. The van der Waals surface area contributed by atoms with Crippen LogP contribution in [-0.2, 0) is 17.8 Å². The smallest absolute Gasteiger partial charge is 0.326 e. The SMILES string of the molecule is O=C(O)[C@H](Cc1ccccc1)N(Cc1cccc(-c2nc3ccccc3o2)c1)C(=O)c1ccc(Cl)cc1Cl. The van der Waals surface area contributed by atoms with E-state index < -0.39 is 17.9 Å². The molecule has 8 heteroatoms. The number of nitrogens with zero attached hydrogens (tertiary/aromatic N) is 2. The van der Waals surface area contributed by atoms with Crippen LogP contribution in [-0.4, -0.2) is 32.9 Å². The van der Waals surface area contributed by atoms with Gasteiger partial charge in [0.05, 0.1) is 10.6 Å². The number of oxazole rings is 1. The number of fused-ring (bicyclic) bond motifs is 1. The van der Waals surface area contributed by atoms with Gasteiger partial charge in [0.1, 0.15) is 11.6 Å². The molecule has 5 aromatic rings. The van der Waals surface area contributed by atoms with Gasteiger partial charge in [-0.1, -0.05) is 77.8 Å². The molecule has 1 aromatic heterocycles. The first kappa shape index (κ1) is 25.5. The Balaban J connectivity index is 1.53. The maximum absolute atomic E-state index is 13.8. The summed E-state index contributed by atoms with van der Waals surface area (Å²) in [6, 6.07) is 27.4. The monoisotopic (exact) mass is 544 g/mol. The summed E-state index contributed by atoms with van der Waals surface area (Å²) < 4.78 is 5.91. The van der Waals surface area contributed by atoms with Crippen molar-refractivity contribution in [1.82, 2.24) is 9.88 Å². The third-order valence-corrected chi connectivity index (χ3v) is 6.72. The zero-order valence-corrected chi connectivity index (χ0v) is 21.6. The molecule has 4 aromatic carbocycles. The molecule has 1 atom stereocenters. The van der Waals surface area contributed by atoms with Crippen LogP contribution in [0.15, 0.2) is 101 Å². The molecule has 1 amide bonds. The molecule has 0 spiro atoms. The zero-order chi connectivity index (χ0) is 26.6. The number of carbonyl (C=O) groups is 2. The number of carbonyl (C=O) groups excluding carboxylic acids is 1. The number of aliphatic carboxylic acids is 1. The predicted molar refractivity (Wildman–Crippen MR) is 147 cm³/mol. The Kier molecular flexibility index (Phi) is 7.45. The van der Waals surface area contributed by atoms with Gasteiger partial charge in [0, 0.05) is 23.6 Å². The first-order chi connectivity index (χ1) is 18.4. The maximum atomic E-state index is 13.8. The largest absolute Gasteiger partial charge is 0.480 e. The average Bonchev–Trinajstić information content (AvgIpc) is 3.35. The molecular weight excluding hydrogens is 523 g/mol. The number of rotatable bonds is 8. The Bertz CT molecular complexity index is 1580. The van der Waals surface area contributed by atoms with Crippen molar-refractivity contribution >= 4 is 46.2 Å². The van der Waals surface area contributed by atoms with Crippen LogP contribution in [0.5, 0.6) is 0 Å². The second-order valence-electron chi connectivity index (χ2n) is 8.79. The fourth-order valence-corrected chi connectivity index (χ4v) is 4.79. The Hall–Kier alpha value is -4.13. The van der Waals surface area contributed by atoms with E-state index in [4.69, 9.17) is 27.6 Å². The number of carboxylic acid groups (broad SMARTS) is 1. The third kappa shape index (κ3) is 5.57. The summed E-state index contributed by atoms with van der Waals surface area (Å²) >= 11 is 12.4. The van der Waals surface area contributed by atoms with Crippen molar-refractivity contribution in [3.8, 4) is 11.5 Å². The molecule has 0 aliphatic rings. The van der Waals surface area contributed by atoms with Crippen LogP contribution in [0.3, 0.4) is 0 Å². The highest BCUT2D eigenvalue weighted by molar-refractivity contribution is 6.36. The molecule has 0 bridgehead atoms. The summed E-state index contributed by atoms with van der Waals surface area (Å²) in [6.45, 7) is 0.0235. The Morgan fingerprint density at radius 3 is 2.34 bits per heavy atom. The van der Waals surface area contributed by atoms with Crippen LogP contribution in [0, 0.1) is 0 Å². The number of hydrogen-bond donors (Lipinski definition) is 1.